The van der Waals surface area contributed by atoms with E-state index < -0.39 is 5.41 Å². The molecule has 1 N–H and O–H groups in total. The Morgan fingerprint density at radius 3 is 2.96 bits per heavy atom. The Labute approximate surface area is 133 Å². The van der Waals surface area contributed by atoms with E-state index in [4.69, 9.17) is 0 Å². The standard InChI is InChI=1S/C15H17N7O/c1-3-15(10-16)5-7-22(13(15)23)12-4-6-17-14(20-12)19-11-8-18-21(2)9-11/h4,6,8-9H,3,5,7H2,1-2H3,(H,17,19,20). The van der Waals surface area contributed by atoms with E-state index in [9.17, 15) is 10.1 Å². The highest BCUT2D eigenvalue weighted by Crippen LogP contribution is 2.36. The van der Waals surface area contributed by atoms with Crippen molar-refractivity contribution in [2.24, 2.45) is 12.5 Å². The maximum Gasteiger partial charge on any atom is 0.248 e. The lowest BCUT2D eigenvalue weighted by Gasteiger charge is -2.19. The van der Waals surface area contributed by atoms with Crippen molar-refractivity contribution in [1.29, 1.82) is 5.26 Å². The number of amides is 1. The number of nitrogens with zero attached hydrogens (tertiary/aromatic N) is 6. The molecule has 1 aliphatic heterocycles. The zero-order valence-corrected chi connectivity index (χ0v) is 13.0. The number of aryl methyl sites for hydroxylation is 1. The van der Waals surface area contributed by atoms with E-state index in [1.54, 1.807) is 34.2 Å². The summed E-state index contributed by atoms with van der Waals surface area (Å²) >= 11 is 0. The minimum absolute atomic E-state index is 0.187. The highest BCUT2D eigenvalue weighted by Gasteiger charge is 2.46. The van der Waals surface area contributed by atoms with Gasteiger partial charge in [-0.05, 0) is 18.9 Å². The highest BCUT2D eigenvalue weighted by molar-refractivity contribution is 6.01. The van der Waals surface area contributed by atoms with Crippen LogP contribution >= 0.6 is 0 Å². The molecule has 0 saturated carbocycles. The van der Waals surface area contributed by atoms with E-state index in [0.29, 0.717) is 31.2 Å². The van der Waals surface area contributed by atoms with Crippen LogP contribution in [0.4, 0.5) is 17.5 Å². The second kappa shape index (κ2) is 5.68. The van der Waals surface area contributed by atoms with Crippen LogP contribution in [-0.4, -0.2) is 32.2 Å². The fraction of sp³-hybridized carbons (Fsp3) is 0.400. The first-order chi connectivity index (χ1) is 11.1. The van der Waals surface area contributed by atoms with E-state index >= 15 is 0 Å². The fourth-order valence-corrected chi connectivity index (χ4v) is 2.67. The zero-order chi connectivity index (χ0) is 16.4. The zero-order valence-electron chi connectivity index (χ0n) is 13.0. The van der Waals surface area contributed by atoms with Crippen LogP contribution in [0.25, 0.3) is 0 Å². The summed E-state index contributed by atoms with van der Waals surface area (Å²) in [4.78, 5) is 22.7. The Bertz CT molecular complexity index is 778. The van der Waals surface area contributed by atoms with Gasteiger partial charge in [-0.1, -0.05) is 6.92 Å². The summed E-state index contributed by atoms with van der Waals surface area (Å²) < 4.78 is 1.67. The van der Waals surface area contributed by atoms with Gasteiger partial charge in [-0.25, -0.2) is 4.98 Å². The van der Waals surface area contributed by atoms with Gasteiger partial charge in [0.2, 0.25) is 11.9 Å². The summed E-state index contributed by atoms with van der Waals surface area (Å²) in [5.41, 5.74) is -0.167. The molecule has 3 rings (SSSR count). The number of carbonyl (C=O) groups excluding carboxylic acids is 1. The molecular weight excluding hydrogens is 294 g/mol. The summed E-state index contributed by atoms with van der Waals surface area (Å²) in [6, 6.07) is 3.85. The molecule has 118 valence electrons. The van der Waals surface area contributed by atoms with Gasteiger partial charge in [-0.2, -0.15) is 15.3 Å². The number of carbonyl (C=O) groups is 1. The minimum Gasteiger partial charge on any atom is -0.321 e. The number of hydrogen-bond acceptors (Lipinski definition) is 6. The smallest absolute Gasteiger partial charge is 0.248 e. The van der Waals surface area contributed by atoms with Gasteiger partial charge in [0.25, 0.3) is 0 Å². The summed E-state index contributed by atoms with van der Waals surface area (Å²) in [5.74, 6) is 0.699. The van der Waals surface area contributed by atoms with Crippen molar-refractivity contribution in [2.45, 2.75) is 19.8 Å². The lowest BCUT2D eigenvalue weighted by molar-refractivity contribution is -0.123. The largest absolute Gasteiger partial charge is 0.321 e. The van der Waals surface area contributed by atoms with Crippen LogP contribution in [-0.2, 0) is 11.8 Å². The van der Waals surface area contributed by atoms with Crippen LogP contribution in [0.15, 0.2) is 24.7 Å². The lowest BCUT2D eigenvalue weighted by Crippen LogP contribution is -2.33. The molecule has 0 aliphatic carbocycles. The maximum atomic E-state index is 12.6. The molecule has 0 radical (unpaired) electrons. The third-order valence-corrected chi connectivity index (χ3v) is 4.11. The second-order valence-corrected chi connectivity index (χ2v) is 5.52. The number of nitriles is 1. The molecule has 2 aromatic rings. The van der Waals surface area contributed by atoms with E-state index in [0.717, 1.165) is 5.69 Å². The quantitative estimate of drug-likeness (QED) is 0.920. The molecule has 23 heavy (non-hydrogen) atoms. The average Bonchev–Trinajstić information content (AvgIpc) is 3.11. The van der Waals surface area contributed by atoms with Gasteiger partial charge in [-0.15, -0.1) is 0 Å². The van der Waals surface area contributed by atoms with Gasteiger partial charge in [0.15, 0.2) is 0 Å². The lowest BCUT2D eigenvalue weighted by atomic mass is 9.85. The summed E-state index contributed by atoms with van der Waals surface area (Å²) in [6.07, 6.45) is 6.08. The highest BCUT2D eigenvalue weighted by atomic mass is 16.2. The van der Waals surface area contributed by atoms with Crippen molar-refractivity contribution in [3.63, 3.8) is 0 Å². The third kappa shape index (κ3) is 2.61. The Morgan fingerprint density at radius 1 is 1.52 bits per heavy atom. The number of aromatic nitrogens is 4. The molecule has 0 spiro atoms. The van der Waals surface area contributed by atoms with Crippen LogP contribution in [0.5, 0.6) is 0 Å². The van der Waals surface area contributed by atoms with Gasteiger partial charge in [0.05, 0.1) is 18.0 Å². The third-order valence-electron chi connectivity index (χ3n) is 4.11. The second-order valence-electron chi connectivity index (χ2n) is 5.52. The molecule has 1 aliphatic rings. The summed E-state index contributed by atoms with van der Waals surface area (Å²) in [5, 5.41) is 16.5. The van der Waals surface area contributed by atoms with Crippen LogP contribution in [0.1, 0.15) is 19.8 Å². The SMILES string of the molecule is CCC1(C#N)CCN(c2ccnc(Nc3cnn(C)c3)n2)C1=O. The summed E-state index contributed by atoms with van der Waals surface area (Å²) in [7, 11) is 1.82. The normalized spacial score (nSPS) is 20.6. The minimum atomic E-state index is -0.929. The van der Waals surface area contributed by atoms with E-state index in [1.807, 2.05) is 14.0 Å². The number of rotatable bonds is 4. The Kier molecular flexibility index (Phi) is 3.70. The Hall–Kier alpha value is -2.95. The van der Waals surface area contributed by atoms with Crippen molar-refractivity contribution in [1.82, 2.24) is 19.7 Å². The van der Waals surface area contributed by atoms with E-state index in [-0.39, 0.29) is 5.91 Å². The predicted molar refractivity (Wildman–Crippen MR) is 83.8 cm³/mol. The molecular formula is C15H17N7O. The van der Waals surface area contributed by atoms with Gasteiger partial charge in [-0.3, -0.25) is 14.4 Å². The van der Waals surface area contributed by atoms with Crippen molar-refractivity contribution in [3.05, 3.63) is 24.7 Å². The van der Waals surface area contributed by atoms with Crippen molar-refractivity contribution in [3.8, 4) is 6.07 Å². The molecule has 8 nitrogen and oxygen atoms in total. The number of nitrogens with one attached hydrogen (secondary N) is 1. The molecule has 1 saturated heterocycles. The average molecular weight is 311 g/mol. The summed E-state index contributed by atoms with van der Waals surface area (Å²) in [6.45, 7) is 2.35. The van der Waals surface area contributed by atoms with Crippen LogP contribution < -0.4 is 10.2 Å². The van der Waals surface area contributed by atoms with Crippen LogP contribution in [0.2, 0.25) is 0 Å². The van der Waals surface area contributed by atoms with E-state index in [1.165, 1.54) is 0 Å². The molecule has 1 amide bonds. The van der Waals surface area contributed by atoms with Crippen molar-refractivity contribution >= 4 is 23.4 Å². The first kappa shape index (κ1) is 15.0. The molecule has 0 bridgehead atoms. The van der Waals surface area contributed by atoms with Crippen molar-refractivity contribution < 1.29 is 4.79 Å². The van der Waals surface area contributed by atoms with Crippen molar-refractivity contribution in [2.75, 3.05) is 16.8 Å². The van der Waals surface area contributed by atoms with Gasteiger partial charge >= 0.3 is 0 Å². The molecule has 1 atom stereocenters. The predicted octanol–water partition coefficient (Wildman–Crippen LogP) is 1.61. The first-order valence-corrected chi connectivity index (χ1v) is 7.40. The van der Waals surface area contributed by atoms with Gasteiger partial charge < -0.3 is 5.32 Å². The molecule has 3 heterocycles. The van der Waals surface area contributed by atoms with Crippen LogP contribution in [0, 0.1) is 16.7 Å². The number of hydrogen-bond donors (Lipinski definition) is 1. The topological polar surface area (TPSA) is 99.7 Å². The molecule has 2 aromatic heterocycles. The maximum absolute atomic E-state index is 12.6. The number of anilines is 3. The Morgan fingerprint density at radius 2 is 2.35 bits per heavy atom. The van der Waals surface area contributed by atoms with Gasteiger partial charge in [0.1, 0.15) is 11.2 Å². The molecule has 1 fully saturated rings. The molecule has 0 aromatic carbocycles. The Balaban J connectivity index is 1.83. The molecule has 1 unspecified atom stereocenters. The fourth-order valence-electron chi connectivity index (χ4n) is 2.67. The van der Waals surface area contributed by atoms with Gasteiger partial charge in [0, 0.05) is 26.0 Å². The van der Waals surface area contributed by atoms with Crippen LogP contribution in [0.3, 0.4) is 0 Å². The molecule has 8 heteroatoms. The first-order valence-electron chi connectivity index (χ1n) is 7.40. The monoisotopic (exact) mass is 311 g/mol. The van der Waals surface area contributed by atoms with E-state index in [2.05, 4.69) is 26.5 Å².